The largest absolute Gasteiger partial charge is 0.0885 e. The summed E-state index contributed by atoms with van der Waals surface area (Å²) in [6.45, 7) is 10.3. The zero-order chi connectivity index (χ0) is 22.0. The lowest BCUT2D eigenvalue weighted by Crippen LogP contribution is -1.94. The van der Waals surface area contributed by atoms with E-state index < -0.39 is 0 Å². The second-order valence-electron chi connectivity index (χ2n) is 9.80. The highest BCUT2D eigenvalue weighted by Crippen LogP contribution is 2.18. The molecule has 0 aliphatic rings. The molecular weight excluding hydrogens is 360 g/mol. The summed E-state index contributed by atoms with van der Waals surface area (Å²) in [7, 11) is 0. The van der Waals surface area contributed by atoms with Gasteiger partial charge in [0, 0.05) is 0 Å². The van der Waals surface area contributed by atoms with E-state index in [9.17, 15) is 0 Å². The Bertz CT molecular complexity index is 316. The molecule has 0 aliphatic heterocycles. The summed E-state index contributed by atoms with van der Waals surface area (Å²) >= 11 is 0. The van der Waals surface area contributed by atoms with Crippen LogP contribution in [0.25, 0.3) is 0 Å². The van der Waals surface area contributed by atoms with Crippen molar-refractivity contribution in [2.75, 3.05) is 0 Å². The highest BCUT2D eigenvalue weighted by molar-refractivity contribution is 4.81. The molecule has 2 radical (unpaired) electrons. The smallest absolute Gasteiger partial charge is 0.0351 e. The molecule has 30 heavy (non-hydrogen) atoms. The zero-order valence-electron chi connectivity index (χ0n) is 21.1. The van der Waals surface area contributed by atoms with Gasteiger partial charge in [-0.05, 0) is 31.6 Å². The van der Waals surface area contributed by atoms with E-state index in [1.54, 1.807) is 0 Å². The number of hydrogen-bond acceptors (Lipinski definition) is 0. The molecule has 0 aromatic rings. The van der Waals surface area contributed by atoms with Crippen molar-refractivity contribution in [3.8, 4) is 0 Å². The highest BCUT2D eigenvalue weighted by atomic mass is 14.1. The van der Waals surface area contributed by atoms with Crippen molar-refractivity contribution in [1.29, 1.82) is 0 Å². The van der Waals surface area contributed by atoms with E-state index in [-0.39, 0.29) is 0 Å². The van der Waals surface area contributed by atoms with Crippen LogP contribution in [0.1, 0.15) is 161 Å². The van der Waals surface area contributed by atoms with Crippen molar-refractivity contribution in [3.63, 3.8) is 0 Å². The van der Waals surface area contributed by atoms with E-state index in [2.05, 4.69) is 32.9 Å². The lowest BCUT2D eigenvalue weighted by Gasteiger charge is -2.10. The third-order valence-corrected chi connectivity index (χ3v) is 6.55. The highest BCUT2D eigenvalue weighted by Gasteiger charge is 2.01. The summed E-state index contributed by atoms with van der Waals surface area (Å²) in [4.78, 5) is 0. The van der Waals surface area contributed by atoms with Crippen LogP contribution in [0.4, 0.5) is 0 Å². The van der Waals surface area contributed by atoms with Crippen molar-refractivity contribution < 1.29 is 0 Å². The van der Waals surface area contributed by atoms with E-state index in [1.165, 1.54) is 141 Å². The average Bonchev–Trinajstić information content (AvgIpc) is 2.75. The first-order chi connectivity index (χ1) is 14.8. The normalized spacial score (nSPS) is 12.8. The Morgan fingerprint density at radius 2 is 0.767 bits per heavy atom. The Morgan fingerprint density at radius 3 is 1.23 bits per heavy atom. The second-order valence-corrected chi connectivity index (χ2v) is 9.80. The fourth-order valence-electron chi connectivity index (χ4n) is 4.37. The van der Waals surface area contributed by atoms with Gasteiger partial charge in [-0.1, -0.05) is 161 Å². The summed E-state index contributed by atoms with van der Waals surface area (Å²) in [5.74, 6) is 0.924. The monoisotopic (exact) mass is 418 g/mol. The third-order valence-electron chi connectivity index (χ3n) is 6.55. The van der Waals surface area contributed by atoms with Crippen molar-refractivity contribution in [2.45, 2.75) is 161 Å². The summed E-state index contributed by atoms with van der Waals surface area (Å²) in [6.07, 6.45) is 38.1. The minimum Gasteiger partial charge on any atom is -0.0885 e. The molecule has 0 heterocycles. The van der Waals surface area contributed by atoms with Crippen LogP contribution in [-0.2, 0) is 0 Å². The van der Waals surface area contributed by atoms with E-state index >= 15 is 0 Å². The Hall–Kier alpha value is -0.260. The predicted molar refractivity (Wildman–Crippen MR) is 140 cm³/mol. The molecule has 0 N–H and O–H groups in total. The molecule has 0 aromatic heterocycles. The average molecular weight is 419 g/mol. The maximum Gasteiger partial charge on any atom is -0.0351 e. The van der Waals surface area contributed by atoms with Crippen LogP contribution in [0, 0.1) is 19.8 Å². The summed E-state index contributed by atoms with van der Waals surface area (Å²) in [6, 6.07) is 0. The van der Waals surface area contributed by atoms with Crippen LogP contribution < -0.4 is 0 Å². The Balaban J connectivity index is 3.20. The summed E-state index contributed by atoms with van der Waals surface area (Å²) in [5.41, 5.74) is 0. The molecule has 0 bridgehead atoms. The van der Waals surface area contributed by atoms with Gasteiger partial charge >= 0.3 is 0 Å². The first-order valence-corrected chi connectivity index (χ1v) is 14.0. The first-order valence-electron chi connectivity index (χ1n) is 14.0. The van der Waals surface area contributed by atoms with Gasteiger partial charge < -0.3 is 0 Å². The molecule has 178 valence electrons. The Labute approximate surface area is 193 Å². The molecule has 0 aromatic carbocycles. The van der Waals surface area contributed by atoms with Crippen LogP contribution in [0.3, 0.4) is 0 Å². The summed E-state index contributed by atoms with van der Waals surface area (Å²) in [5, 5.41) is 0. The standard InChI is InChI=1S/C30H58/c1-4-6-8-10-12-14-15-16-17-18-19-20-21-23-25-27-29-30(3)28-26-24-22-13-11-9-7-5-2/h21,23,30H,1-2,4-20,22,24-29H2,3H3. The molecule has 0 fully saturated rings. The SMILES string of the molecule is [CH2]CCCCCCCCCCCCC=CCCCC(C)CCCCCCCCC[CH2]. The topological polar surface area (TPSA) is 0 Å². The van der Waals surface area contributed by atoms with Gasteiger partial charge in [0.05, 0.1) is 0 Å². The van der Waals surface area contributed by atoms with Gasteiger partial charge in [0.2, 0.25) is 0 Å². The third kappa shape index (κ3) is 25.8. The van der Waals surface area contributed by atoms with E-state index in [0.717, 1.165) is 18.8 Å². The van der Waals surface area contributed by atoms with Crippen LogP contribution in [0.5, 0.6) is 0 Å². The van der Waals surface area contributed by atoms with Gasteiger partial charge in [0.15, 0.2) is 0 Å². The first kappa shape index (κ1) is 29.7. The minimum absolute atomic E-state index is 0.924. The molecule has 0 spiro atoms. The van der Waals surface area contributed by atoms with Crippen LogP contribution in [0.15, 0.2) is 12.2 Å². The van der Waals surface area contributed by atoms with Gasteiger partial charge in [-0.2, -0.15) is 0 Å². The van der Waals surface area contributed by atoms with Gasteiger partial charge in [0.1, 0.15) is 0 Å². The van der Waals surface area contributed by atoms with Gasteiger partial charge in [0.25, 0.3) is 0 Å². The van der Waals surface area contributed by atoms with Gasteiger partial charge in [-0.3, -0.25) is 0 Å². The molecule has 0 saturated carbocycles. The van der Waals surface area contributed by atoms with E-state index in [0.29, 0.717) is 0 Å². The van der Waals surface area contributed by atoms with Crippen molar-refractivity contribution >= 4 is 0 Å². The Kier molecular flexibility index (Phi) is 26.5. The van der Waals surface area contributed by atoms with E-state index in [1.807, 2.05) is 0 Å². The molecule has 1 atom stereocenters. The molecule has 1 unspecified atom stereocenters. The van der Waals surface area contributed by atoms with Gasteiger partial charge in [-0.25, -0.2) is 0 Å². The zero-order valence-corrected chi connectivity index (χ0v) is 21.1. The van der Waals surface area contributed by atoms with E-state index in [4.69, 9.17) is 0 Å². The lowest BCUT2D eigenvalue weighted by molar-refractivity contribution is 0.444. The van der Waals surface area contributed by atoms with Crippen LogP contribution in [-0.4, -0.2) is 0 Å². The van der Waals surface area contributed by atoms with Crippen molar-refractivity contribution in [1.82, 2.24) is 0 Å². The number of hydrogen-bond donors (Lipinski definition) is 0. The van der Waals surface area contributed by atoms with Gasteiger partial charge in [-0.15, -0.1) is 0 Å². The molecule has 0 amide bonds. The second kappa shape index (κ2) is 26.8. The maximum atomic E-state index is 3.92. The summed E-state index contributed by atoms with van der Waals surface area (Å²) < 4.78 is 0. The lowest BCUT2D eigenvalue weighted by atomic mass is 9.96. The fourth-order valence-corrected chi connectivity index (χ4v) is 4.37. The number of rotatable bonds is 25. The number of allylic oxidation sites excluding steroid dienone is 2. The molecule has 0 nitrogen and oxygen atoms in total. The maximum absolute atomic E-state index is 3.92. The molecule has 0 heteroatoms. The van der Waals surface area contributed by atoms with Crippen molar-refractivity contribution in [2.24, 2.45) is 5.92 Å². The number of unbranched alkanes of at least 4 members (excludes halogenated alkanes) is 19. The molecule has 0 rings (SSSR count). The fraction of sp³-hybridized carbons (Fsp3) is 0.867. The minimum atomic E-state index is 0.924. The molecule has 0 aliphatic carbocycles. The van der Waals surface area contributed by atoms with Crippen LogP contribution >= 0.6 is 0 Å². The Morgan fingerprint density at radius 1 is 0.433 bits per heavy atom. The van der Waals surface area contributed by atoms with Crippen molar-refractivity contribution in [3.05, 3.63) is 26.0 Å². The molecular formula is C30H58. The quantitative estimate of drug-likeness (QED) is 0.102. The predicted octanol–water partition coefficient (Wildman–Crippen LogP) is 11.2. The molecule has 0 saturated heterocycles. The van der Waals surface area contributed by atoms with Crippen LogP contribution in [0.2, 0.25) is 0 Å².